The van der Waals surface area contributed by atoms with Crippen molar-refractivity contribution < 1.29 is 9.53 Å². The van der Waals surface area contributed by atoms with Gasteiger partial charge in [-0.2, -0.15) is 0 Å². The number of hydrogen-bond donors (Lipinski definition) is 2. The van der Waals surface area contributed by atoms with Crippen LogP contribution >= 0.6 is 0 Å². The Bertz CT molecular complexity index is 579. The van der Waals surface area contributed by atoms with Crippen LogP contribution in [0.2, 0.25) is 0 Å². The van der Waals surface area contributed by atoms with Gasteiger partial charge in [-0.3, -0.25) is 0 Å². The van der Waals surface area contributed by atoms with Crippen molar-refractivity contribution in [3.8, 4) is 5.75 Å². The van der Waals surface area contributed by atoms with Crippen LogP contribution in [0.3, 0.4) is 0 Å². The average molecular weight is 270 g/mol. The van der Waals surface area contributed by atoms with Crippen molar-refractivity contribution in [3.05, 3.63) is 59.7 Å². The van der Waals surface area contributed by atoms with Gasteiger partial charge in [-0.05, 0) is 25.1 Å². The highest BCUT2D eigenvalue weighted by Crippen LogP contribution is 2.16. The fourth-order valence-corrected chi connectivity index (χ4v) is 1.84. The molecule has 2 rings (SSSR count). The highest BCUT2D eigenvalue weighted by atomic mass is 16.5. The molecular formula is C16H18N2O2. The molecule has 0 unspecified atom stereocenters. The maximum absolute atomic E-state index is 11.8. The van der Waals surface area contributed by atoms with Gasteiger partial charge in [-0.25, -0.2) is 4.79 Å². The van der Waals surface area contributed by atoms with Crippen LogP contribution in [0.1, 0.15) is 11.1 Å². The molecule has 4 heteroatoms. The molecule has 0 bridgehead atoms. The van der Waals surface area contributed by atoms with Crippen LogP contribution in [0.25, 0.3) is 0 Å². The molecule has 0 saturated carbocycles. The van der Waals surface area contributed by atoms with Crippen LogP contribution in [-0.2, 0) is 6.54 Å². The molecule has 104 valence electrons. The third-order valence-corrected chi connectivity index (χ3v) is 2.94. The Morgan fingerprint density at radius 1 is 1.10 bits per heavy atom. The molecule has 2 aromatic rings. The molecule has 0 aliphatic rings. The molecule has 4 nitrogen and oxygen atoms in total. The fourth-order valence-electron chi connectivity index (χ4n) is 1.84. The van der Waals surface area contributed by atoms with Crippen molar-refractivity contribution in [1.82, 2.24) is 5.32 Å². The van der Waals surface area contributed by atoms with Crippen LogP contribution < -0.4 is 15.4 Å². The molecule has 2 amide bonds. The molecule has 0 aliphatic heterocycles. The number of rotatable bonds is 4. The summed E-state index contributed by atoms with van der Waals surface area (Å²) in [6, 6.07) is 15.0. The van der Waals surface area contributed by atoms with E-state index in [9.17, 15) is 4.79 Å². The second-order valence-corrected chi connectivity index (χ2v) is 4.49. The van der Waals surface area contributed by atoms with Crippen molar-refractivity contribution in [2.45, 2.75) is 13.5 Å². The Morgan fingerprint density at radius 2 is 1.80 bits per heavy atom. The highest BCUT2D eigenvalue weighted by Gasteiger charge is 2.04. The summed E-state index contributed by atoms with van der Waals surface area (Å²) in [5.41, 5.74) is 2.87. The van der Waals surface area contributed by atoms with E-state index in [1.165, 1.54) is 0 Å². The third kappa shape index (κ3) is 3.75. The van der Waals surface area contributed by atoms with E-state index in [1.807, 2.05) is 55.5 Å². The van der Waals surface area contributed by atoms with Gasteiger partial charge in [0.2, 0.25) is 0 Å². The second-order valence-electron chi connectivity index (χ2n) is 4.49. The van der Waals surface area contributed by atoms with Gasteiger partial charge in [-0.15, -0.1) is 0 Å². The highest BCUT2D eigenvalue weighted by molar-refractivity contribution is 5.89. The minimum absolute atomic E-state index is 0.236. The topological polar surface area (TPSA) is 50.4 Å². The van der Waals surface area contributed by atoms with Crippen LogP contribution in [-0.4, -0.2) is 13.1 Å². The first kappa shape index (κ1) is 13.9. The molecule has 0 aliphatic carbocycles. The number of para-hydroxylation sites is 1. The number of amides is 2. The number of ether oxygens (including phenoxy) is 1. The maximum atomic E-state index is 11.8. The SMILES string of the molecule is COc1ccccc1CNC(=O)Nc1ccc(C)cc1. The number of nitrogens with one attached hydrogen (secondary N) is 2. The average Bonchev–Trinajstić information content (AvgIpc) is 2.48. The Kier molecular flexibility index (Phi) is 4.60. The predicted molar refractivity (Wildman–Crippen MR) is 80.0 cm³/mol. The van der Waals surface area contributed by atoms with E-state index >= 15 is 0 Å². The number of aryl methyl sites for hydroxylation is 1. The smallest absolute Gasteiger partial charge is 0.319 e. The minimum Gasteiger partial charge on any atom is -0.496 e. The van der Waals surface area contributed by atoms with Gasteiger partial charge in [0, 0.05) is 17.8 Å². The zero-order valence-electron chi connectivity index (χ0n) is 11.6. The zero-order valence-corrected chi connectivity index (χ0v) is 11.6. The molecular weight excluding hydrogens is 252 g/mol. The number of methoxy groups -OCH3 is 1. The largest absolute Gasteiger partial charge is 0.496 e. The Morgan fingerprint density at radius 3 is 2.50 bits per heavy atom. The number of benzene rings is 2. The summed E-state index contributed by atoms with van der Waals surface area (Å²) in [5, 5.41) is 5.59. The second kappa shape index (κ2) is 6.61. The third-order valence-electron chi connectivity index (χ3n) is 2.94. The van der Waals surface area contributed by atoms with Crippen molar-refractivity contribution >= 4 is 11.7 Å². The maximum Gasteiger partial charge on any atom is 0.319 e. The summed E-state index contributed by atoms with van der Waals surface area (Å²) < 4.78 is 5.24. The van der Waals surface area contributed by atoms with Gasteiger partial charge < -0.3 is 15.4 Å². The van der Waals surface area contributed by atoms with Gasteiger partial charge in [0.1, 0.15) is 5.75 Å². The van der Waals surface area contributed by atoms with E-state index in [1.54, 1.807) is 7.11 Å². The summed E-state index contributed by atoms with van der Waals surface area (Å²) in [7, 11) is 1.62. The molecule has 0 radical (unpaired) electrons. The number of urea groups is 1. The summed E-state index contributed by atoms with van der Waals surface area (Å²) in [5.74, 6) is 0.767. The molecule has 0 fully saturated rings. The Hall–Kier alpha value is -2.49. The zero-order chi connectivity index (χ0) is 14.4. The van der Waals surface area contributed by atoms with Crippen molar-refractivity contribution in [2.24, 2.45) is 0 Å². The van der Waals surface area contributed by atoms with Gasteiger partial charge in [0.25, 0.3) is 0 Å². The lowest BCUT2D eigenvalue weighted by Crippen LogP contribution is -2.28. The van der Waals surface area contributed by atoms with Crippen LogP contribution in [0.4, 0.5) is 10.5 Å². The van der Waals surface area contributed by atoms with Gasteiger partial charge in [0.05, 0.1) is 7.11 Å². The van der Waals surface area contributed by atoms with E-state index in [0.717, 1.165) is 22.6 Å². The molecule has 0 spiro atoms. The summed E-state index contributed by atoms with van der Waals surface area (Å²) in [6.45, 7) is 2.42. The van der Waals surface area contributed by atoms with E-state index in [0.29, 0.717) is 6.54 Å². The molecule has 0 aromatic heterocycles. The number of anilines is 1. The predicted octanol–water partition coefficient (Wildman–Crippen LogP) is 3.33. The van der Waals surface area contributed by atoms with Gasteiger partial charge in [-0.1, -0.05) is 35.9 Å². The molecule has 2 aromatic carbocycles. The molecule has 20 heavy (non-hydrogen) atoms. The standard InChI is InChI=1S/C16H18N2O2/c1-12-7-9-14(10-8-12)18-16(19)17-11-13-5-3-4-6-15(13)20-2/h3-10H,11H2,1-2H3,(H2,17,18,19). The number of hydrogen-bond acceptors (Lipinski definition) is 2. The monoisotopic (exact) mass is 270 g/mol. The lowest BCUT2D eigenvalue weighted by atomic mass is 10.2. The van der Waals surface area contributed by atoms with Crippen LogP contribution in [0.5, 0.6) is 5.75 Å². The quantitative estimate of drug-likeness (QED) is 0.895. The molecule has 0 saturated heterocycles. The van der Waals surface area contributed by atoms with E-state index in [-0.39, 0.29) is 6.03 Å². The molecule has 0 heterocycles. The Labute approximate surface area is 118 Å². The first-order valence-electron chi connectivity index (χ1n) is 6.42. The van der Waals surface area contributed by atoms with Crippen LogP contribution in [0.15, 0.2) is 48.5 Å². The lowest BCUT2D eigenvalue weighted by Gasteiger charge is -2.10. The lowest BCUT2D eigenvalue weighted by molar-refractivity contribution is 0.251. The van der Waals surface area contributed by atoms with Gasteiger partial charge in [0.15, 0.2) is 0 Å². The minimum atomic E-state index is -0.236. The van der Waals surface area contributed by atoms with Crippen molar-refractivity contribution in [1.29, 1.82) is 0 Å². The number of carbonyl (C=O) groups excluding carboxylic acids is 1. The van der Waals surface area contributed by atoms with Gasteiger partial charge >= 0.3 is 6.03 Å². The normalized spacial score (nSPS) is 9.90. The number of carbonyl (C=O) groups is 1. The summed E-state index contributed by atoms with van der Waals surface area (Å²) >= 11 is 0. The summed E-state index contributed by atoms with van der Waals surface area (Å²) in [4.78, 5) is 11.8. The van der Waals surface area contributed by atoms with E-state index < -0.39 is 0 Å². The first-order chi connectivity index (χ1) is 9.69. The Balaban J connectivity index is 1.90. The van der Waals surface area contributed by atoms with E-state index in [2.05, 4.69) is 10.6 Å². The first-order valence-corrected chi connectivity index (χ1v) is 6.42. The summed E-state index contributed by atoms with van der Waals surface area (Å²) in [6.07, 6.45) is 0. The molecule has 2 N–H and O–H groups in total. The van der Waals surface area contributed by atoms with Crippen LogP contribution in [0, 0.1) is 6.92 Å². The van der Waals surface area contributed by atoms with Crippen molar-refractivity contribution in [2.75, 3.05) is 12.4 Å². The van der Waals surface area contributed by atoms with E-state index in [4.69, 9.17) is 4.74 Å². The van der Waals surface area contributed by atoms with Crippen molar-refractivity contribution in [3.63, 3.8) is 0 Å². The fraction of sp³-hybridized carbons (Fsp3) is 0.188. The molecule has 0 atom stereocenters.